The van der Waals surface area contributed by atoms with Crippen LogP contribution in [0.1, 0.15) is 5.56 Å². The SMILES string of the molecule is Fc1cc(F)cc(-c2c(-n3c4ccc(-c5ncccn5)cc4c4cc(-c5ncccn5)ccc43)cc(C(F)(F)F)cc2-n2c3ccc(-c4ncccn4)cc3c3cc(-c4ncccn4)ccc32)c1. The molecule has 15 heteroatoms. The summed E-state index contributed by atoms with van der Waals surface area (Å²) in [7, 11) is 0. The Labute approximate surface area is 381 Å². The maximum Gasteiger partial charge on any atom is 0.416 e. The van der Waals surface area contributed by atoms with Crippen molar-refractivity contribution in [1.29, 1.82) is 0 Å². The van der Waals surface area contributed by atoms with Crippen LogP contribution >= 0.6 is 0 Å². The highest BCUT2D eigenvalue weighted by atomic mass is 19.4. The summed E-state index contributed by atoms with van der Waals surface area (Å²) in [5.41, 5.74) is 3.73. The lowest BCUT2D eigenvalue weighted by atomic mass is 9.97. The number of nitrogens with zero attached hydrogens (tertiary/aromatic N) is 10. The Hall–Kier alpha value is -9.11. The maximum atomic E-state index is 15.7. The molecule has 6 aromatic heterocycles. The molecule has 0 aliphatic carbocycles. The van der Waals surface area contributed by atoms with Gasteiger partial charge in [0.2, 0.25) is 0 Å². The highest BCUT2D eigenvalue weighted by Gasteiger charge is 2.35. The van der Waals surface area contributed by atoms with Crippen molar-refractivity contribution in [2.75, 3.05) is 0 Å². The smallest absolute Gasteiger partial charge is 0.309 e. The van der Waals surface area contributed by atoms with Crippen LogP contribution in [-0.2, 0) is 6.18 Å². The number of aromatic nitrogens is 10. The van der Waals surface area contributed by atoms with Crippen LogP contribution in [0.3, 0.4) is 0 Å². The zero-order valence-corrected chi connectivity index (χ0v) is 35.1. The summed E-state index contributed by atoms with van der Waals surface area (Å²) in [5, 5.41) is 2.56. The minimum absolute atomic E-state index is 0.00144. The predicted octanol–water partition coefficient (Wildman–Crippen LogP) is 12.7. The molecule has 0 amide bonds. The van der Waals surface area contributed by atoms with Gasteiger partial charge >= 0.3 is 6.18 Å². The zero-order chi connectivity index (χ0) is 46.1. The van der Waals surface area contributed by atoms with Crippen molar-refractivity contribution in [3.05, 3.63) is 194 Å². The first-order valence-corrected chi connectivity index (χ1v) is 21.1. The molecular weight excluding hydrogens is 872 g/mol. The van der Waals surface area contributed by atoms with Gasteiger partial charge in [-0.1, -0.05) is 0 Å². The molecule has 326 valence electrons. The Kier molecular flexibility index (Phi) is 9.39. The van der Waals surface area contributed by atoms with Gasteiger partial charge in [0.1, 0.15) is 11.6 Å². The molecule has 0 saturated carbocycles. The van der Waals surface area contributed by atoms with Crippen molar-refractivity contribution < 1.29 is 22.0 Å². The highest BCUT2D eigenvalue weighted by molar-refractivity contribution is 6.14. The lowest BCUT2D eigenvalue weighted by Crippen LogP contribution is -2.11. The third-order valence-electron chi connectivity index (χ3n) is 11.9. The van der Waals surface area contributed by atoms with E-state index in [-0.39, 0.29) is 22.5 Å². The fourth-order valence-electron chi connectivity index (χ4n) is 9.04. The molecule has 6 aromatic carbocycles. The standard InChI is InChI=1S/C53H29F5N10/c54-36-21-34(22-37(55)29-36)48-46(67-42-9-5-30(49-59-13-1-14-60-49)23-38(42)39-24-31(6-10-43(39)67)50-61-15-2-16-62-50)27-35(53(56,57)58)28-47(48)68-44-11-7-32(51-63-17-3-18-64-51)25-40(44)41-26-33(8-12-45(41)68)52-65-19-4-20-66-52/h1-29H. The number of benzene rings is 6. The molecule has 0 unspecified atom stereocenters. The second-order valence-corrected chi connectivity index (χ2v) is 15.9. The Morgan fingerprint density at radius 2 is 0.632 bits per heavy atom. The lowest BCUT2D eigenvalue weighted by molar-refractivity contribution is -0.137. The van der Waals surface area contributed by atoms with E-state index in [0.29, 0.717) is 89.2 Å². The van der Waals surface area contributed by atoms with E-state index in [1.807, 2.05) is 24.3 Å². The van der Waals surface area contributed by atoms with Crippen molar-refractivity contribution in [2.45, 2.75) is 6.18 Å². The van der Waals surface area contributed by atoms with Gasteiger partial charge in [0.25, 0.3) is 0 Å². The monoisotopic (exact) mass is 900 g/mol. The molecule has 0 atom stereocenters. The van der Waals surface area contributed by atoms with Gasteiger partial charge in [-0.3, -0.25) is 0 Å². The normalized spacial score (nSPS) is 11.9. The van der Waals surface area contributed by atoms with E-state index in [1.165, 1.54) is 0 Å². The molecule has 0 radical (unpaired) electrons. The van der Waals surface area contributed by atoms with Crippen LogP contribution in [0.15, 0.2) is 177 Å². The van der Waals surface area contributed by atoms with E-state index in [0.717, 1.165) is 30.3 Å². The van der Waals surface area contributed by atoms with Crippen molar-refractivity contribution in [2.24, 2.45) is 0 Å². The predicted molar refractivity (Wildman–Crippen MR) is 250 cm³/mol. The van der Waals surface area contributed by atoms with E-state index in [1.54, 1.807) is 132 Å². The number of halogens is 5. The summed E-state index contributed by atoms with van der Waals surface area (Å²) in [6.07, 6.45) is 8.08. The molecule has 6 heterocycles. The fourth-order valence-corrected chi connectivity index (χ4v) is 9.04. The van der Waals surface area contributed by atoms with Gasteiger partial charge in [0, 0.05) is 105 Å². The van der Waals surface area contributed by atoms with Crippen LogP contribution < -0.4 is 0 Å². The maximum absolute atomic E-state index is 15.7. The summed E-state index contributed by atoms with van der Waals surface area (Å²) in [4.78, 5) is 35.7. The fraction of sp³-hybridized carbons (Fsp3) is 0.0189. The van der Waals surface area contributed by atoms with Crippen LogP contribution in [0.4, 0.5) is 22.0 Å². The average molecular weight is 901 g/mol. The molecule has 0 bridgehead atoms. The molecule has 0 saturated heterocycles. The largest absolute Gasteiger partial charge is 0.416 e. The van der Waals surface area contributed by atoms with Crippen molar-refractivity contribution in [3.8, 4) is 68.1 Å². The minimum Gasteiger partial charge on any atom is -0.309 e. The molecule has 68 heavy (non-hydrogen) atoms. The van der Waals surface area contributed by atoms with Gasteiger partial charge in [-0.15, -0.1) is 0 Å². The zero-order valence-electron chi connectivity index (χ0n) is 35.1. The summed E-state index contributed by atoms with van der Waals surface area (Å²) in [5.74, 6) is -0.0886. The lowest BCUT2D eigenvalue weighted by Gasteiger charge is -2.23. The topological polar surface area (TPSA) is 113 Å². The number of alkyl halides is 3. The quantitative estimate of drug-likeness (QED) is 0.145. The minimum atomic E-state index is -4.89. The Morgan fingerprint density at radius 1 is 0.338 bits per heavy atom. The van der Waals surface area contributed by atoms with E-state index in [2.05, 4.69) is 39.9 Å². The van der Waals surface area contributed by atoms with Crippen LogP contribution in [0.25, 0.3) is 112 Å². The van der Waals surface area contributed by atoms with E-state index < -0.39 is 23.4 Å². The van der Waals surface area contributed by atoms with E-state index >= 15 is 22.0 Å². The number of hydrogen-bond acceptors (Lipinski definition) is 8. The van der Waals surface area contributed by atoms with Gasteiger partial charge in [-0.05, 0) is 127 Å². The van der Waals surface area contributed by atoms with Gasteiger partial charge in [0.15, 0.2) is 23.3 Å². The number of fused-ring (bicyclic) bond motifs is 6. The second kappa shape index (κ2) is 15.8. The van der Waals surface area contributed by atoms with Gasteiger partial charge in [-0.2, -0.15) is 13.2 Å². The van der Waals surface area contributed by atoms with Crippen molar-refractivity contribution >= 4 is 43.6 Å². The second-order valence-electron chi connectivity index (χ2n) is 15.9. The molecule has 10 nitrogen and oxygen atoms in total. The Morgan fingerprint density at radius 3 is 0.912 bits per heavy atom. The van der Waals surface area contributed by atoms with Crippen LogP contribution in [0.2, 0.25) is 0 Å². The first-order chi connectivity index (χ1) is 33.2. The molecule has 0 aliphatic heterocycles. The molecule has 0 aliphatic rings. The first-order valence-electron chi connectivity index (χ1n) is 21.1. The number of hydrogen-bond donors (Lipinski definition) is 0. The number of rotatable bonds is 7. The molecular formula is C53H29F5N10. The van der Waals surface area contributed by atoms with Crippen LogP contribution in [0, 0.1) is 11.6 Å². The van der Waals surface area contributed by atoms with Crippen molar-refractivity contribution in [1.82, 2.24) is 49.0 Å². The van der Waals surface area contributed by atoms with Crippen molar-refractivity contribution in [3.63, 3.8) is 0 Å². The first kappa shape index (κ1) is 40.4. The molecule has 12 aromatic rings. The Bertz CT molecular complexity index is 3480. The van der Waals surface area contributed by atoms with E-state index in [4.69, 9.17) is 0 Å². The third-order valence-corrected chi connectivity index (χ3v) is 11.9. The molecule has 12 rings (SSSR count). The van der Waals surface area contributed by atoms with Gasteiger partial charge < -0.3 is 9.13 Å². The molecule has 0 fully saturated rings. The van der Waals surface area contributed by atoms with Gasteiger partial charge in [0.05, 0.1) is 39.0 Å². The average Bonchev–Trinajstić information content (AvgIpc) is 3.87. The molecule has 0 N–H and O–H groups in total. The summed E-state index contributed by atoms with van der Waals surface area (Å²) >= 11 is 0. The van der Waals surface area contributed by atoms with Crippen LogP contribution in [-0.4, -0.2) is 49.0 Å². The molecule has 0 spiro atoms. The summed E-state index contributed by atoms with van der Waals surface area (Å²) < 4.78 is 81.9. The van der Waals surface area contributed by atoms with E-state index in [9.17, 15) is 0 Å². The van der Waals surface area contributed by atoms with Crippen LogP contribution in [0.5, 0.6) is 0 Å². The Balaban J connectivity index is 1.23. The summed E-state index contributed by atoms with van der Waals surface area (Å²) in [6, 6.07) is 33.7. The van der Waals surface area contributed by atoms with Gasteiger partial charge in [-0.25, -0.2) is 48.7 Å². The highest BCUT2D eigenvalue weighted by Crippen LogP contribution is 2.47. The summed E-state index contributed by atoms with van der Waals surface area (Å²) in [6.45, 7) is 0. The third kappa shape index (κ3) is 6.87.